The van der Waals surface area contributed by atoms with Gasteiger partial charge in [0.1, 0.15) is 0 Å². The minimum absolute atomic E-state index is 0.0225. The second-order valence-electron chi connectivity index (χ2n) is 5.90. The molecule has 0 saturated carbocycles. The molecule has 0 aromatic heterocycles. The monoisotopic (exact) mass is 326 g/mol. The lowest BCUT2D eigenvalue weighted by Crippen LogP contribution is -2.49. The average Bonchev–Trinajstić information content (AvgIpc) is 2.26. The van der Waals surface area contributed by atoms with E-state index in [1.807, 2.05) is 39.8 Å². The third kappa shape index (κ3) is 5.74. The SMILES string of the molecule is CC(N[C@@H](C)c1cccc(Br)c1)C(=O)NC(C)(C)C. The van der Waals surface area contributed by atoms with E-state index >= 15 is 0 Å². The van der Waals surface area contributed by atoms with Crippen molar-refractivity contribution in [3.8, 4) is 0 Å². The molecule has 0 aliphatic heterocycles. The molecule has 1 rings (SSSR count). The number of halogens is 1. The summed E-state index contributed by atoms with van der Waals surface area (Å²) in [6, 6.07) is 8.00. The maximum Gasteiger partial charge on any atom is 0.237 e. The third-order valence-corrected chi connectivity index (χ3v) is 3.23. The lowest BCUT2D eigenvalue weighted by molar-refractivity contribution is -0.124. The van der Waals surface area contributed by atoms with Crippen molar-refractivity contribution in [2.24, 2.45) is 0 Å². The number of carbonyl (C=O) groups excluding carboxylic acids is 1. The first-order valence-electron chi connectivity index (χ1n) is 6.52. The minimum Gasteiger partial charge on any atom is -0.350 e. The van der Waals surface area contributed by atoms with Crippen molar-refractivity contribution in [1.29, 1.82) is 0 Å². The van der Waals surface area contributed by atoms with Gasteiger partial charge < -0.3 is 5.32 Å². The molecule has 3 nitrogen and oxygen atoms in total. The van der Waals surface area contributed by atoms with Crippen LogP contribution in [-0.4, -0.2) is 17.5 Å². The zero-order chi connectivity index (χ0) is 14.6. The van der Waals surface area contributed by atoms with Crippen LogP contribution in [-0.2, 0) is 4.79 Å². The van der Waals surface area contributed by atoms with E-state index in [1.54, 1.807) is 0 Å². The Balaban J connectivity index is 2.61. The van der Waals surface area contributed by atoms with Gasteiger partial charge in [0.05, 0.1) is 6.04 Å². The van der Waals surface area contributed by atoms with Crippen molar-refractivity contribution in [3.05, 3.63) is 34.3 Å². The van der Waals surface area contributed by atoms with Crippen molar-refractivity contribution in [2.75, 3.05) is 0 Å². The standard InChI is InChI=1S/C15H23BrN2O/c1-10(12-7-6-8-13(16)9-12)17-11(2)14(19)18-15(3,4)5/h6-11,17H,1-5H3,(H,18,19)/t10-,11?/m0/s1. The lowest BCUT2D eigenvalue weighted by Gasteiger charge is -2.25. The summed E-state index contributed by atoms with van der Waals surface area (Å²) in [6.45, 7) is 9.89. The lowest BCUT2D eigenvalue weighted by atomic mass is 10.1. The smallest absolute Gasteiger partial charge is 0.237 e. The van der Waals surface area contributed by atoms with Crippen LogP contribution in [0.4, 0.5) is 0 Å². The topological polar surface area (TPSA) is 41.1 Å². The molecule has 0 aliphatic carbocycles. The van der Waals surface area contributed by atoms with Crippen LogP contribution in [0.2, 0.25) is 0 Å². The fourth-order valence-corrected chi connectivity index (χ4v) is 2.22. The average molecular weight is 327 g/mol. The van der Waals surface area contributed by atoms with E-state index < -0.39 is 0 Å². The van der Waals surface area contributed by atoms with Crippen LogP contribution < -0.4 is 10.6 Å². The highest BCUT2D eigenvalue weighted by Gasteiger charge is 2.20. The number of amides is 1. The predicted octanol–water partition coefficient (Wildman–Crippen LogP) is 3.40. The molecule has 4 heteroatoms. The zero-order valence-corrected chi connectivity index (χ0v) is 13.8. The van der Waals surface area contributed by atoms with Gasteiger partial charge >= 0.3 is 0 Å². The van der Waals surface area contributed by atoms with E-state index in [0.717, 1.165) is 10.0 Å². The Bertz CT molecular complexity index is 440. The highest BCUT2D eigenvalue weighted by molar-refractivity contribution is 9.10. The van der Waals surface area contributed by atoms with Crippen molar-refractivity contribution in [3.63, 3.8) is 0 Å². The number of benzene rings is 1. The van der Waals surface area contributed by atoms with E-state index in [2.05, 4.69) is 45.6 Å². The fraction of sp³-hybridized carbons (Fsp3) is 0.533. The first-order valence-corrected chi connectivity index (χ1v) is 7.32. The Morgan fingerprint density at radius 2 is 1.89 bits per heavy atom. The number of nitrogens with one attached hydrogen (secondary N) is 2. The van der Waals surface area contributed by atoms with E-state index in [-0.39, 0.29) is 23.5 Å². The second-order valence-corrected chi connectivity index (χ2v) is 6.82. The van der Waals surface area contributed by atoms with Gasteiger partial charge in [-0.15, -0.1) is 0 Å². The molecular formula is C15H23BrN2O. The van der Waals surface area contributed by atoms with Gasteiger partial charge in [-0.05, 0) is 52.3 Å². The Morgan fingerprint density at radius 1 is 1.26 bits per heavy atom. The van der Waals surface area contributed by atoms with Gasteiger partial charge in [-0.1, -0.05) is 28.1 Å². The number of hydrogen-bond acceptors (Lipinski definition) is 2. The van der Waals surface area contributed by atoms with Crippen molar-refractivity contribution in [1.82, 2.24) is 10.6 Å². The molecule has 2 N–H and O–H groups in total. The van der Waals surface area contributed by atoms with E-state index in [4.69, 9.17) is 0 Å². The summed E-state index contributed by atoms with van der Waals surface area (Å²) in [7, 11) is 0. The molecular weight excluding hydrogens is 304 g/mol. The van der Waals surface area contributed by atoms with Crippen molar-refractivity contribution < 1.29 is 4.79 Å². The highest BCUT2D eigenvalue weighted by Crippen LogP contribution is 2.18. The molecule has 1 amide bonds. The van der Waals surface area contributed by atoms with Crippen LogP contribution in [0.3, 0.4) is 0 Å². The van der Waals surface area contributed by atoms with Gasteiger partial charge in [0.25, 0.3) is 0 Å². The molecule has 1 aromatic carbocycles. The zero-order valence-electron chi connectivity index (χ0n) is 12.3. The molecule has 0 radical (unpaired) electrons. The van der Waals surface area contributed by atoms with Crippen LogP contribution in [0.5, 0.6) is 0 Å². The molecule has 19 heavy (non-hydrogen) atoms. The molecule has 106 valence electrons. The number of hydrogen-bond donors (Lipinski definition) is 2. The van der Waals surface area contributed by atoms with Gasteiger partial charge in [-0.25, -0.2) is 0 Å². The second kappa shape index (κ2) is 6.53. The van der Waals surface area contributed by atoms with Gasteiger partial charge in [0, 0.05) is 16.1 Å². The minimum atomic E-state index is -0.229. The third-order valence-electron chi connectivity index (χ3n) is 2.74. The van der Waals surface area contributed by atoms with Gasteiger partial charge in [0.2, 0.25) is 5.91 Å². The fourth-order valence-electron chi connectivity index (χ4n) is 1.80. The summed E-state index contributed by atoms with van der Waals surface area (Å²) in [4.78, 5) is 12.0. The summed E-state index contributed by atoms with van der Waals surface area (Å²) < 4.78 is 1.05. The van der Waals surface area contributed by atoms with Crippen LogP contribution in [0.15, 0.2) is 28.7 Å². The summed E-state index contributed by atoms with van der Waals surface area (Å²) in [6.07, 6.45) is 0. The molecule has 0 heterocycles. The highest BCUT2D eigenvalue weighted by atomic mass is 79.9. The summed E-state index contributed by atoms with van der Waals surface area (Å²) >= 11 is 3.46. The molecule has 0 bridgehead atoms. The van der Waals surface area contributed by atoms with E-state index in [1.165, 1.54) is 0 Å². The molecule has 1 aromatic rings. The predicted molar refractivity (Wildman–Crippen MR) is 83.1 cm³/mol. The Labute approximate surface area is 124 Å². The molecule has 2 atom stereocenters. The molecule has 0 aliphatic rings. The maximum absolute atomic E-state index is 12.0. The maximum atomic E-state index is 12.0. The first kappa shape index (κ1) is 16.2. The summed E-state index contributed by atoms with van der Waals surface area (Å²) in [5.41, 5.74) is 0.955. The summed E-state index contributed by atoms with van der Waals surface area (Å²) in [5, 5.41) is 6.29. The van der Waals surface area contributed by atoms with E-state index in [9.17, 15) is 4.79 Å². The molecule has 0 saturated heterocycles. The van der Waals surface area contributed by atoms with Gasteiger partial charge in [0.15, 0.2) is 0 Å². The molecule has 1 unspecified atom stereocenters. The van der Waals surface area contributed by atoms with E-state index in [0.29, 0.717) is 0 Å². The summed E-state index contributed by atoms with van der Waals surface area (Å²) in [5.74, 6) is 0.0225. The van der Waals surface area contributed by atoms with Crippen LogP contribution in [0, 0.1) is 0 Å². The largest absolute Gasteiger partial charge is 0.350 e. The van der Waals surface area contributed by atoms with Crippen LogP contribution in [0.25, 0.3) is 0 Å². The number of carbonyl (C=O) groups is 1. The van der Waals surface area contributed by atoms with Gasteiger partial charge in [-0.3, -0.25) is 10.1 Å². The Kier molecular flexibility index (Phi) is 5.56. The normalized spacial score (nSPS) is 14.8. The van der Waals surface area contributed by atoms with Crippen molar-refractivity contribution >= 4 is 21.8 Å². The molecule has 0 spiro atoms. The first-order chi connectivity index (χ1) is 8.69. The quantitative estimate of drug-likeness (QED) is 0.890. The van der Waals surface area contributed by atoms with Crippen LogP contribution >= 0.6 is 15.9 Å². The Morgan fingerprint density at radius 3 is 2.42 bits per heavy atom. The van der Waals surface area contributed by atoms with Gasteiger partial charge in [-0.2, -0.15) is 0 Å². The Hall–Kier alpha value is -0.870. The number of rotatable bonds is 4. The van der Waals surface area contributed by atoms with Crippen molar-refractivity contribution in [2.45, 2.75) is 52.2 Å². The van der Waals surface area contributed by atoms with Crippen LogP contribution in [0.1, 0.15) is 46.2 Å². The molecule has 0 fully saturated rings.